The average Bonchev–Trinajstić information content (AvgIpc) is 2.16. The number of ether oxygens (including phenoxy) is 2. The third-order valence-corrected chi connectivity index (χ3v) is 1.77. The zero-order valence-electron chi connectivity index (χ0n) is 8.20. The third kappa shape index (κ3) is 2.73. The van der Waals surface area contributed by atoms with Crippen molar-refractivity contribution in [1.82, 2.24) is 0 Å². The van der Waals surface area contributed by atoms with Gasteiger partial charge in [0.2, 0.25) is 0 Å². The van der Waals surface area contributed by atoms with Crippen LogP contribution in [0.2, 0.25) is 0 Å². The molecule has 0 heterocycles. The molecule has 4 nitrogen and oxygen atoms in total. The van der Waals surface area contributed by atoms with Gasteiger partial charge in [-0.1, -0.05) is 6.08 Å². The van der Waals surface area contributed by atoms with Crippen LogP contribution in [-0.2, 0) is 19.1 Å². The number of hydrogen-bond donors (Lipinski definition) is 0. The van der Waals surface area contributed by atoms with Gasteiger partial charge in [-0.25, -0.2) is 4.79 Å². The number of esters is 2. The molecule has 0 aromatic rings. The molecule has 1 rings (SSSR count). The fraction of sp³-hybridized carbons (Fsp3) is 0.400. The highest BCUT2D eigenvalue weighted by Crippen LogP contribution is 2.19. The molecule has 14 heavy (non-hydrogen) atoms. The van der Waals surface area contributed by atoms with E-state index in [-0.39, 0.29) is 5.97 Å². The van der Waals surface area contributed by atoms with Gasteiger partial charge in [0.05, 0.1) is 12.7 Å². The minimum atomic E-state index is -0.408. The van der Waals surface area contributed by atoms with Gasteiger partial charge in [-0.2, -0.15) is 0 Å². The quantitative estimate of drug-likeness (QED) is 0.625. The third-order valence-electron chi connectivity index (χ3n) is 1.77. The van der Waals surface area contributed by atoms with Gasteiger partial charge in [0.25, 0.3) is 0 Å². The van der Waals surface area contributed by atoms with E-state index in [4.69, 9.17) is 4.74 Å². The molecule has 0 aromatic heterocycles. The summed E-state index contributed by atoms with van der Waals surface area (Å²) in [6.45, 7) is 1.33. The topological polar surface area (TPSA) is 52.6 Å². The summed E-state index contributed by atoms with van der Waals surface area (Å²) in [6.07, 6.45) is 4.62. The van der Waals surface area contributed by atoms with E-state index in [1.165, 1.54) is 20.1 Å². The average molecular weight is 196 g/mol. The summed E-state index contributed by atoms with van der Waals surface area (Å²) in [5, 5.41) is 0. The summed E-state index contributed by atoms with van der Waals surface area (Å²) in [4.78, 5) is 21.8. The Morgan fingerprint density at radius 3 is 2.71 bits per heavy atom. The fourth-order valence-electron chi connectivity index (χ4n) is 1.20. The molecular weight excluding hydrogens is 184 g/mol. The van der Waals surface area contributed by atoms with Crippen LogP contribution in [0.25, 0.3) is 0 Å². The van der Waals surface area contributed by atoms with Crippen LogP contribution in [0.5, 0.6) is 0 Å². The van der Waals surface area contributed by atoms with Gasteiger partial charge in [0.1, 0.15) is 5.76 Å². The van der Waals surface area contributed by atoms with Crippen molar-refractivity contribution < 1.29 is 19.1 Å². The number of rotatable bonds is 2. The van der Waals surface area contributed by atoms with Gasteiger partial charge < -0.3 is 9.47 Å². The number of carbonyl (C=O) groups is 2. The van der Waals surface area contributed by atoms with E-state index >= 15 is 0 Å². The number of allylic oxidation sites excluding steroid dienone is 2. The Morgan fingerprint density at radius 2 is 2.14 bits per heavy atom. The molecule has 0 N–H and O–H groups in total. The first-order valence-corrected chi connectivity index (χ1v) is 4.31. The van der Waals surface area contributed by atoms with Crippen molar-refractivity contribution in [1.29, 1.82) is 0 Å². The zero-order chi connectivity index (χ0) is 10.6. The second-order valence-corrected chi connectivity index (χ2v) is 2.89. The predicted molar refractivity (Wildman–Crippen MR) is 49.2 cm³/mol. The minimum Gasteiger partial charge on any atom is -0.465 e. The van der Waals surface area contributed by atoms with Crippen molar-refractivity contribution in [3.05, 3.63) is 23.5 Å². The molecular formula is C10H12O4. The Bertz CT molecular complexity index is 312. The highest BCUT2D eigenvalue weighted by Gasteiger charge is 2.14. The van der Waals surface area contributed by atoms with E-state index in [1.54, 1.807) is 6.08 Å². The maximum Gasteiger partial charge on any atom is 0.337 e. The molecule has 0 saturated carbocycles. The molecule has 1 aliphatic carbocycles. The number of hydrogen-bond acceptors (Lipinski definition) is 4. The molecule has 76 valence electrons. The highest BCUT2D eigenvalue weighted by atomic mass is 16.5. The molecule has 0 aromatic carbocycles. The Morgan fingerprint density at radius 1 is 1.43 bits per heavy atom. The first-order valence-electron chi connectivity index (χ1n) is 4.31. The summed E-state index contributed by atoms with van der Waals surface area (Å²) in [5.74, 6) is -0.267. The Labute approximate surface area is 82.2 Å². The van der Waals surface area contributed by atoms with E-state index in [1.807, 2.05) is 0 Å². The normalized spacial score (nSPS) is 15.3. The van der Waals surface area contributed by atoms with Crippen LogP contribution in [0, 0.1) is 0 Å². The predicted octanol–water partition coefficient (Wildman–Crippen LogP) is 1.33. The van der Waals surface area contributed by atoms with Gasteiger partial charge in [-0.05, 0) is 12.5 Å². The molecule has 0 saturated heterocycles. The van der Waals surface area contributed by atoms with E-state index in [2.05, 4.69) is 4.74 Å². The lowest BCUT2D eigenvalue weighted by molar-refractivity contribution is -0.138. The van der Waals surface area contributed by atoms with E-state index in [9.17, 15) is 9.59 Å². The molecule has 0 fully saturated rings. The second kappa shape index (κ2) is 4.60. The summed E-state index contributed by atoms with van der Waals surface area (Å²) < 4.78 is 9.44. The van der Waals surface area contributed by atoms with Crippen molar-refractivity contribution >= 4 is 11.9 Å². The Kier molecular flexibility index (Phi) is 3.45. The Balaban J connectivity index is 2.72. The lowest BCUT2D eigenvalue weighted by Gasteiger charge is -2.11. The first kappa shape index (κ1) is 10.5. The lowest BCUT2D eigenvalue weighted by atomic mass is 10.1. The largest absolute Gasteiger partial charge is 0.465 e. The van der Waals surface area contributed by atoms with Crippen molar-refractivity contribution in [2.24, 2.45) is 0 Å². The molecule has 0 bridgehead atoms. The fourth-order valence-corrected chi connectivity index (χ4v) is 1.20. The van der Waals surface area contributed by atoms with Crippen LogP contribution < -0.4 is 0 Å². The van der Waals surface area contributed by atoms with Gasteiger partial charge in [0.15, 0.2) is 0 Å². The van der Waals surface area contributed by atoms with Gasteiger partial charge in [-0.15, -0.1) is 0 Å². The maximum atomic E-state index is 11.1. The molecule has 4 heteroatoms. The van der Waals surface area contributed by atoms with Gasteiger partial charge >= 0.3 is 11.9 Å². The van der Waals surface area contributed by atoms with Crippen LogP contribution in [0.4, 0.5) is 0 Å². The SMILES string of the molecule is COC(=O)C1=CCCC(OC(C)=O)=C1. The second-order valence-electron chi connectivity index (χ2n) is 2.89. The van der Waals surface area contributed by atoms with Crippen molar-refractivity contribution in [2.45, 2.75) is 19.8 Å². The standard InChI is InChI=1S/C10H12O4/c1-7(11)14-9-5-3-4-8(6-9)10(12)13-2/h4,6H,3,5H2,1-2H3. The van der Waals surface area contributed by atoms with Crippen LogP contribution in [0.3, 0.4) is 0 Å². The molecule has 1 aliphatic rings. The van der Waals surface area contributed by atoms with Crippen molar-refractivity contribution in [2.75, 3.05) is 7.11 Å². The van der Waals surface area contributed by atoms with Crippen LogP contribution in [-0.4, -0.2) is 19.0 Å². The van der Waals surface area contributed by atoms with Crippen molar-refractivity contribution in [3.63, 3.8) is 0 Å². The number of carbonyl (C=O) groups excluding carboxylic acids is 2. The monoisotopic (exact) mass is 196 g/mol. The minimum absolute atomic E-state index is 0.373. The molecule has 0 atom stereocenters. The molecule has 0 radical (unpaired) electrons. The smallest absolute Gasteiger partial charge is 0.337 e. The summed E-state index contributed by atoms with van der Waals surface area (Å²) in [6, 6.07) is 0. The molecule has 0 spiro atoms. The van der Waals surface area contributed by atoms with Gasteiger partial charge in [-0.3, -0.25) is 4.79 Å². The summed E-state index contributed by atoms with van der Waals surface area (Å²) in [5.41, 5.74) is 0.440. The number of methoxy groups -OCH3 is 1. The molecule has 0 unspecified atom stereocenters. The van der Waals surface area contributed by atoms with Crippen LogP contribution >= 0.6 is 0 Å². The maximum absolute atomic E-state index is 11.1. The van der Waals surface area contributed by atoms with E-state index in [0.717, 1.165) is 0 Å². The molecule has 0 amide bonds. The highest BCUT2D eigenvalue weighted by molar-refractivity contribution is 5.91. The van der Waals surface area contributed by atoms with Crippen LogP contribution in [0.15, 0.2) is 23.5 Å². The summed E-state index contributed by atoms with van der Waals surface area (Å²) >= 11 is 0. The van der Waals surface area contributed by atoms with E-state index < -0.39 is 5.97 Å². The van der Waals surface area contributed by atoms with Gasteiger partial charge in [0, 0.05) is 13.3 Å². The van der Waals surface area contributed by atoms with Crippen LogP contribution in [0.1, 0.15) is 19.8 Å². The lowest BCUT2D eigenvalue weighted by Crippen LogP contribution is -2.08. The molecule has 0 aliphatic heterocycles. The first-order chi connectivity index (χ1) is 6.63. The van der Waals surface area contributed by atoms with E-state index in [0.29, 0.717) is 24.2 Å². The van der Waals surface area contributed by atoms with Crippen molar-refractivity contribution in [3.8, 4) is 0 Å². The zero-order valence-corrected chi connectivity index (χ0v) is 8.20. The summed E-state index contributed by atoms with van der Waals surface area (Å²) in [7, 11) is 1.32. The Hall–Kier alpha value is -1.58.